The smallest absolute Gasteiger partial charge is 0.377 e. The van der Waals surface area contributed by atoms with Crippen molar-refractivity contribution in [3.8, 4) is 0 Å². The van der Waals surface area contributed by atoms with Gasteiger partial charge >= 0.3 is 44.3 Å². The maximum atomic E-state index is 13.8. The van der Waals surface area contributed by atoms with Crippen LogP contribution in [0, 0.1) is 0 Å². The molecule has 0 bridgehead atoms. The lowest BCUT2D eigenvalue weighted by Crippen LogP contribution is -2.71. The first-order valence-electron chi connectivity index (χ1n) is 8.15. The second kappa shape index (κ2) is 9.21. The van der Waals surface area contributed by atoms with Crippen LogP contribution < -0.4 is 0 Å². The molecule has 0 aliphatic heterocycles. The zero-order chi connectivity index (χ0) is 25.3. The number of halogens is 13. The quantitative estimate of drug-likeness (QED) is 0.231. The predicted octanol–water partition coefficient (Wildman–Crippen LogP) is 5.81. The molecular formula is C14H19F13O3Si. The summed E-state index contributed by atoms with van der Waals surface area (Å²) in [4.78, 5) is 0. The molecule has 0 N–H and O–H groups in total. The van der Waals surface area contributed by atoms with Gasteiger partial charge in [-0.05, 0) is 13.3 Å². The molecule has 0 rings (SSSR count). The van der Waals surface area contributed by atoms with Gasteiger partial charge < -0.3 is 13.3 Å². The zero-order valence-corrected chi connectivity index (χ0v) is 17.3. The van der Waals surface area contributed by atoms with Crippen molar-refractivity contribution < 1.29 is 70.4 Å². The summed E-state index contributed by atoms with van der Waals surface area (Å²) in [7, 11) is -0.800. The molecular weight excluding hydrogens is 491 g/mol. The van der Waals surface area contributed by atoms with E-state index < -0.39 is 76.3 Å². The maximum Gasteiger partial charge on any atom is 0.500 e. The number of hydrogen-bond acceptors (Lipinski definition) is 3. The molecule has 188 valence electrons. The Morgan fingerprint density at radius 1 is 0.645 bits per heavy atom. The second-order valence-corrected chi connectivity index (χ2v) is 9.48. The van der Waals surface area contributed by atoms with Crippen molar-refractivity contribution in [1.82, 2.24) is 0 Å². The first kappa shape index (κ1) is 30.2. The molecule has 0 aromatic heterocycles. The van der Waals surface area contributed by atoms with Crippen LogP contribution in [-0.4, -0.2) is 71.8 Å². The van der Waals surface area contributed by atoms with Gasteiger partial charge in [0.05, 0.1) is 0 Å². The molecule has 1 atom stereocenters. The minimum atomic E-state index is -7.78. The summed E-state index contributed by atoms with van der Waals surface area (Å²) in [5.41, 5.74) is 0. The SMILES string of the molecule is CO[Si](CCCC(F)(F)C(F)(F)C(F)(F)C(F)(F)C(F)(F)C(F)(F)C(C)F)(OC)OC. The zero-order valence-electron chi connectivity index (χ0n) is 16.3. The van der Waals surface area contributed by atoms with Crippen molar-refractivity contribution in [2.24, 2.45) is 0 Å². The highest BCUT2D eigenvalue weighted by Gasteiger charge is 2.90. The Bertz CT molecular complexity index is 586. The molecule has 3 nitrogen and oxygen atoms in total. The molecule has 0 saturated heterocycles. The monoisotopic (exact) mass is 510 g/mol. The van der Waals surface area contributed by atoms with Crippen molar-refractivity contribution in [3.63, 3.8) is 0 Å². The van der Waals surface area contributed by atoms with Gasteiger partial charge in [-0.25, -0.2) is 4.39 Å². The first-order valence-corrected chi connectivity index (χ1v) is 10.1. The summed E-state index contributed by atoms with van der Waals surface area (Å²) in [5, 5.41) is 0. The highest BCUT2D eigenvalue weighted by molar-refractivity contribution is 6.60. The fourth-order valence-electron chi connectivity index (χ4n) is 2.32. The van der Waals surface area contributed by atoms with E-state index >= 15 is 0 Å². The van der Waals surface area contributed by atoms with E-state index in [1.165, 1.54) is 0 Å². The Morgan fingerprint density at radius 3 is 1.32 bits per heavy atom. The lowest BCUT2D eigenvalue weighted by atomic mass is 9.89. The van der Waals surface area contributed by atoms with Gasteiger partial charge in [-0.15, -0.1) is 0 Å². The molecule has 0 fully saturated rings. The molecule has 0 aromatic rings. The van der Waals surface area contributed by atoms with E-state index in [0.29, 0.717) is 0 Å². The molecule has 0 spiro atoms. The standard InChI is InChI=1S/C14H19F13O3Si/c1-8(15)10(18,19)12(22,23)14(26,27)13(24,25)11(20,21)9(16,17)6-5-7-31(28-2,29-3)30-4/h8H,5-7H2,1-4H3. The van der Waals surface area contributed by atoms with E-state index in [2.05, 4.69) is 0 Å². The lowest BCUT2D eigenvalue weighted by Gasteiger charge is -2.41. The highest BCUT2D eigenvalue weighted by Crippen LogP contribution is 2.61. The lowest BCUT2D eigenvalue weighted by molar-refractivity contribution is -0.428. The van der Waals surface area contributed by atoms with Gasteiger partial charge in [0.25, 0.3) is 0 Å². The van der Waals surface area contributed by atoms with Crippen LogP contribution in [0.25, 0.3) is 0 Å². The Labute approximate surface area is 169 Å². The molecule has 17 heteroatoms. The first-order chi connectivity index (χ1) is 13.6. The van der Waals surface area contributed by atoms with Crippen LogP contribution >= 0.6 is 0 Å². The summed E-state index contributed by atoms with van der Waals surface area (Å²) < 4.78 is 189. The highest BCUT2D eigenvalue weighted by atomic mass is 28.4. The van der Waals surface area contributed by atoms with Gasteiger partial charge in [0.1, 0.15) is 0 Å². The fraction of sp³-hybridized carbons (Fsp3) is 1.00. The van der Waals surface area contributed by atoms with E-state index in [1.54, 1.807) is 0 Å². The summed E-state index contributed by atoms with van der Waals surface area (Å²) in [6.45, 7) is -0.438. The summed E-state index contributed by atoms with van der Waals surface area (Å²) in [5.74, 6) is -42.9. The van der Waals surface area contributed by atoms with Crippen LogP contribution in [0.1, 0.15) is 19.8 Å². The summed E-state index contributed by atoms with van der Waals surface area (Å²) >= 11 is 0. The minimum absolute atomic E-state index is 0.438. The van der Waals surface area contributed by atoms with Crippen LogP contribution in [0.4, 0.5) is 57.1 Å². The van der Waals surface area contributed by atoms with Crippen molar-refractivity contribution in [2.75, 3.05) is 21.3 Å². The van der Waals surface area contributed by atoms with E-state index in [9.17, 15) is 57.1 Å². The Balaban J connectivity index is 5.99. The van der Waals surface area contributed by atoms with Crippen LogP contribution in [0.5, 0.6) is 0 Å². The number of hydrogen-bond donors (Lipinski definition) is 0. The second-order valence-electron chi connectivity index (χ2n) is 6.39. The van der Waals surface area contributed by atoms with Crippen molar-refractivity contribution in [2.45, 2.75) is 67.5 Å². The molecule has 0 radical (unpaired) electrons. The summed E-state index contributed by atoms with van der Waals surface area (Å²) in [6.07, 6.45) is -7.67. The van der Waals surface area contributed by atoms with Crippen molar-refractivity contribution >= 4 is 8.80 Å². The van der Waals surface area contributed by atoms with E-state index in [-0.39, 0.29) is 0 Å². The van der Waals surface area contributed by atoms with Crippen LogP contribution in [0.15, 0.2) is 0 Å². The summed E-state index contributed by atoms with van der Waals surface area (Å²) in [6, 6.07) is -0.711. The van der Waals surface area contributed by atoms with Crippen LogP contribution in [-0.2, 0) is 13.3 Å². The Morgan fingerprint density at radius 2 is 1.00 bits per heavy atom. The van der Waals surface area contributed by atoms with E-state index in [0.717, 1.165) is 21.3 Å². The van der Waals surface area contributed by atoms with E-state index in [1.807, 2.05) is 0 Å². The average molecular weight is 510 g/mol. The molecule has 0 heterocycles. The topological polar surface area (TPSA) is 27.7 Å². The van der Waals surface area contributed by atoms with Gasteiger partial charge in [0, 0.05) is 33.8 Å². The predicted molar refractivity (Wildman–Crippen MR) is 81.1 cm³/mol. The third-order valence-electron chi connectivity index (χ3n) is 4.47. The van der Waals surface area contributed by atoms with Gasteiger partial charge in [-0.3, -0.25) is 0 Å². The molecule has 0 saturated carbocycles. The van der Waals surface area contributed by atoms with E-state index in [4.69, 9.17) is 13.3 Å². The Kier molecular flexibility index (Phi) is 8.97. The van der Waals surface area contributed by atoms with Gasteiger partial charge in [0.15, 0.2) is 6.17 Å². The molecule has 0 aliphatic carbocycles. The van der Waals surface area contributed by atoms with Gasteiger partial charge in [-0.2, -0.15) is 52.7 Å². The normalized spacial score (nSPS) is 16.5. The van der Waals surface area contributed by atoms with Crippen molar-refractivity contribution in [3.05, 3.63) is 0 Å². The maximum absolute atomic E-state index is 13.8. The van der Waals surface area contributed by atoms with Gasteiger partial charge in [0.2, 0.25) is 0 Å². The largest absolute Gasteiger partial charge is 0.500 e. The number of rotatable bonds is 13. The molecule has 31 heavy (non-hydrogen) atoms. The van der Waals surface area contributed by atoms with Crippen molar-refractivity contribution in [1.29, 1.82) is 0 Å². The number of alkyl halides is 13. The third kappa shape index (κ3) is 4.78. The average Bonchev–Trinajstić information content (AvgIpc) is 2.64. The molecule has 0 amide bonds. The van der Waals surface area contributed by atoms with Gasteiger partial charge in [-0.1, -0.05) is 0 Å². The minimum Gasteiger partial charge on any atom is -0.377 e. The molecule has 0 aromatic carbocycles. The van der Waals surface area contributed by atoms with Crippen LogP contribution in [0.3, 0.4) is 0 Å². The fourth-order valence-corrected chi connectivity index (χ4v) is 4.05. The van der Waals surface area contributed by atoms with Crippen LogP contribution in [0.2, 0.25) is 6.04 Å². The third-order valence-corrected chi connectivity index (χ3v) is 7.30. The molecule has 0 aliphatic rings. The molecule has 1 unspecified atom stereocenters. The Hall–Kier alpha value is -0.813.